The zero-order valence-electron chi connectivity index (χ0n) is 17.8. The minimum Gasteiger partial charge on any atom is -0.497 e. The summed E-state index contributed by atoms with van der Waals surface area (Å²) in [6.07, 6.45) is 4.42. The van der Waals surface area contributed by atoms with Crippen LogP contribution in [0.25, 0.3) is 10.2 Å². The summed E-state index contributed by atoms with van der Waals surface area (Å²) in [5, 5.41) is 0. The third-order valence-corrected chi connectivity index (χ3v) is 6.98. The van der Waals surface area contributed by atoms with E-state index in [9.17, 15) is 14.4 Å². The molecule has 1 aliphatic rings. The van der Waals surface area contributed by atoms with Crippen molar-refractivity contribution in [3.63, 3.8) is 0 Å². The van der Waals surface area contributed by atoms with Crippen LogP contribution in [0.2, 0.25) is 0 Å². The van der Waals surface area contributed by atoms with E-state index in [1.165, 1.54) is 43.1 Å². The Labute approximate surface area is 189 Å². The molecule has 0 radical (unpaired) electrons. The molecule has 0 saturated carbocycles. The van der Waals surface area contributed by atoms with Crippen molar-refractivity contribution in [2.24, 2.45) is 4.99 Å². The van der Waals surface area contributed by atoms with Gasteiger partial charge < -0.3 is 18.9 Å². The first kappa shape index (κ1) is 23.3. The summed E-state index contributed by atoms with van der Waals surface area (Å²) in [6, 6.07) is 5.45. The number of amides is 2. The van der Waals surface area contributed by atoms with Gasteiger partial charge in [0.2, 0.25) is 5.91 Å². The predicted molar refractivity (Wildman–Crippen MR) is 121 cm³/mol. The lowest BCUT2D eigenvalue weighted by molar-refractivity contribution is -0.141. The molecular formula is C21H27N3O5S2. The first-order valence-corrected chi connectivity index (χ1v) is 12.2. The molecule has 0 bridgehead atoms. The highest BCUT2D eigenvalue weighted by atomic mass is 32.2. The molecule has 0 atom stereocenters. The molecule has 1 saturated heterocycles. The molecule has 168 valence electrons. The number of nitrogens with zero attached hydrogens (tertiary/aromatic N) is 3. The lowest BCUT2D eigenvalue weighted by atomic mass is 10.2. The van der Waals surface area contributed by atoms with E-state index in [0.29, 0.717) is 10.6 Å². The van der Waals surface area contributed by atoms with Crippen molar-refractivity contribution in [1.82, 2.24) is 9.47 Å². The SMILES string of the molecule is COC(=O)Cn1c(=NC(=O)CSCC(=O)N2CCCCCC2)sc2cc(OC)ccc21. The van der Waals surface area contributed by atoms with E-state index >= 15 is 0 Å². The van der Waals surface area contributed by atoms with Crippen LogP contribution in [0.1, 0.15) is 25.7 Å². The molecule has 31 heavy (non-hydrogen) atoms. The lowest BCUT2D eigenvalue weighted by Gasteiger charge is -2.19. The molecule has 8 nitrogen and oxygen atoms in total. The van der Waals surface area contributed by atoms with Gasteiger partial charge in [-0.1, -0.05) is 24.2 Å². The van der Waals surface area contributed by atoms with Gasteiger partial charge in [0.25, 0.3) is 5.91 Å². The third-order valence-electron chi connectivity index (χ3n) is 5.03. The Hall–Kier alpha value is -2.33. The molecule has 1 aliphatic heterocycles. The topological polar surface area (TPSA) is 90.2 Å². The monoisotopic (exact) mass is 465 g/mol. The number of esters is 1. The molecule has 1 fully saturated rings. The Balaban J connectivity index is 1.71. The van der Waals surface area contributed by atoms with E-state index in [1.54, 1.807) is 17.7 Å². The number of ether oxygens (including phenoxy) is 2. The van der Waals surface area contributed by atoms with Crippen molar-refractivity contribution in [2.45, 2.75) is 32.2 Å². The van der Waals surface area contributed by atoms with Crippen LogP contribution in [-0.4, -0.2) is 66.1 Å². The minimum absolute atomic E-state index is 0.0461. The number of hydrogen-bond donors (Lipinski definition) is 0. The fourth-order valence-electron chi connectivity index (χ4n) is 3.39. The van der Waals surface area contributed by atoms with Crippen LogP contribution in [0.15, 0.2) is 23.2 Å². The minimum atomic E-state index is -0.429. The predicted octanol–water partition coefficient (Wildman–Crippen LogP) is 2.45. The second kappa shape index (κ2) is 11.3. The van der Waals surface area contributed by atoms with Crippen LogP contribution >= 0.6 is 23.1 Å². The van der Waals surface area contributed by atoms with Gasteiger partial charge in [-0.2, -0.15) is 4.99 Å². The number of hydrogen-bond acceptors (Lipinski definition) is 7. The molecule has 3 rings (SSSR count). The molecule has 2 heterocycles. The highest BCUT2D eigenvalue weighted by molar-refractivity contribution is 8.00. The summed E-state index contributed by atoms with van der Waals surface area (Å²) in [5.74, 6) is 0.365. The van der Waals surface area contributed by atoms with Gasteiger partial charge in [0.1, 0.15) is 12.3 Å². The van der Waals surface area contributed by atoms with Crippen LogP contribution in [-0.2, 0) is 25.7 Å². The Morgan fingerprint density at radius 3 is 2.52 bits per heavy atom. The Morgan fingerprint density at radius 1 is 1.10 bits per heavy atom. The summed E-state index contributed by atoms with van der Waals surface area (Å²) in [5.41, 5.74) is 0.770. The quantitative estimate of drug-likeness (QED) is 0.584. The standard InChI is InChI=1S/C21H27N3O5S2/c1-28-15-7-8-16-17(11-15)31-21(24(16)12-20(27)29-2)22-18(25)13-30-14-19(26)23-9-5-3-4-6-10-23/h7-8,11H,3-6,9-10,12-14H2,1-2H3. The smallest absolute Gasteiger partial charge is 0.325 e. The maximum Gasteiger partial charge on any atom is 0.325 e. The first-order valence-electron chi connectivity index (χ1n) is 10.2. The highest BCUT2D eigenvalue weighted by Crippen LogP contribution is 2.23. The number of fused-ring (bicyclic) bond motifs is 1. The molecule has 2 amide bonds. The van der Waals surface area contributed by atoms with E-state index in [-0.39, 0.29) is 29.9 Å². The largest absolute Gasteiger partial charge is 0.497 e. The fourth-order valence-corrected chi connectivity index (χ4v) is 5.16. The van der Waals surface area contributed by atoms with E-state index in [1.807, 2.05) is 17.0 Å². The summed E-state index contributed by atoms with van der Waals surface area (Å²) >= 11 is 2.58. The maximum absolute atomic E-state index is 12.5. The van der Waals surface area contributed by atoms with Crippen molar-refractivity contribution < 1.29 is 23.9 Å². The van der Waals surface area contributed by atoms with Crippen molar-refractivity contribution in [3.05, 3.63) is 23.0 Å². The molecule has 10 heteroatoms. The second-order valence-corrected chi connectivity index (χ2v) is 9.17. The molecule has 1 aromatic heterocycles. The van der Waals surface area contributed by atoms with Gasteiger partial charge in [0, 0.05) is 13.1 Å². The summed E-state index contributed by atoms with van der Waals surface area (Å²) in [4.78, 5) is 43.2. The number of carbonyl (C=O) groups is 3. The number of likely N-dealkylation sites (tertiary alicyclic amines) is 1. The average molecular weight is 466 g/mol. The molecule has 0 unspecified atom stereocenters. The number of aromatic nitrogens is 1. The molecule has 1 aromatic carbocycles. The van der Waals surface area contributed by atoms with Gasteiger partial charge in [-0.25, -0.2) is 0 Å². The van der Waals surface area contributed by atoms with Crippen molar-refractivity contribution in [3.8, 4) is 5.75 Å². The van der Waals surface area contributed by atoms with Crippen LogP contribution in [0, 0.1) is 0 Å². The highest BCUT2D eigenvalue weighted by Gasteiger charge is 2.16. The van der Waals surface area contributed by atoms with Crippen LogP contribution < -0.4 is 9.54 Å². The number of benzene rings is 1. The zero-order valence-corrected chi connectivity index (χ0v) is 19.4. The van der Waals surface area contributed by atoms with E-state index in [4.69, 9.17) is 9.47 Å². The van der Waals surface area contributed by atoms with E-state index in [2.05, 4.69) is 4.99 Å². The molecular weight excluding hydrogens is 438 g/mol. The molecule has 0 aliphatic carbocycles. The Morgan fingerprint density at radius 2 is 1.84 bits per heavy atom. The maximum atomic E-state index is 12.5. The van der Waals surface area contributed by atoms with Gasteiger partial charge in [0.05, 0.1) is 35.9 Å². The fraction of sp³-hybridized carbons (Fsp3) is 0.524. The summed E-state index contributed by atoms with van der Waals surface area (Å²) in [6.45, 7) is 1.56. The average Bonchev–Trinajstić information content (AvgIpc) is 2.94. The van der Waals surface area contributed by atoms with Gasteiger partial charge in [-0.3, -0.25) is 14.4 Å². The Bertz CT molecular complexity index is 1010. The Kier molecular flexibility index (Phi) is 8.53. The third kappa shape index (κ3) is 6.33. The summed E-state index contributed by atoms with van der Waals surface area (Å²) < 4.78 is 12.5. The van der Waals surface area contributed by atoms with E-state index in [0.717, 1.165) is 36.1 Å². The lowest BCUT2D eigenvalue weighted by Crippen LogP contribution is -2.33. The number of methoxy groups -OCH3 is 2. The molecule has 0 spiro atoms. The van der Waals surface area contributed by atoms with Gasteiger partial charge >= 0.3 is 5.97 Å². The number of thioether (sulfide) groups is 1. The van der Waals surface area contributed by atoms with Crippen LogP contribution in [0.4, 0.5) is 0 Å². The van der Waals surface area contributed by atoms with Crippen molar-refractivity contribution in [2.75, 3.05) is 38.8 Å². The van der Waals surface area contributed by atoms with Crippen LogP contribution in [0.3, 0.4) is 0 Å². The number of rotatable bonds is 7. The number of carbonyl (C=O) groups excluding carboxylic acids is 3. The summed E-state index contributed by atoms with van der Waals surface area (Å²) in [7, 11) is 2.90. The molecule has 2 aromatic rings. The van der Waals surface area contributed by atoms with Gasteiger partial charge in [-0.05, 0) is 31.0 Å². The first-order chi connectivity index (χ1) is 15.0. The van der Waals surface area contributed by atoms with Gasteiger partial charge in [-0.15, -0.1) is 11.8 Å². The van der Waals surface area contributed by atoms with Crippen LogP contribution in [0.5, 0.6) is 5.75 Å². The second-order valence-electron chi connectivity index (χ2n) is 7.17. The van der Waals surface area contributed by atoms with Gasteiger partial charge in [0.15, 0.2) is 4.80 Å². The van der Waals surface area contributed by atoms with E-state index < -0.39 is 5.97 Å². The van der Waals surface area contributed by atoms with Crippen molar-refractivity contribution in [1.29, 1.82) is 0 Å². The normalized spacial score (nSPS) is 15.0. The zero-order chi connectivity index (χ0) is 22.2. The molecule has 0 N–H and O–H groups in total. The number of thiazole rings is 1. The van der Waals surface area contributed by atoms with Crippen molar-refractivity contribution >= 4 is 51.1 Å².